The van der Waals surface area contributed by atoms with Crippen molar-refractivity contribution in [1.29, 1.82) is 0 Å². The molecule has 10 nitrogen and oxygen atoms in total. The molecule has 1 aromatic heterocycles. The minimum Gasteiger partial charge on any atom is -0.456 e. The summed E-state index contributed by atoms with van der Waals surface area (Å²) in [5, 5.41) is 8.17. The molecule has 1 unspecified atom stereocenters. The Bertz CT molecular complexity index is 942. The molecule has 36 heavy (non-hydrogen) atoms. The molecule has 0 aliphatic carbocycles. The summed E-state index contributed by atoms with van der Waals surface area (Å²) >= 11 is 0. The van der Waals surface area contributed by atoms with Gasteiger partial charge < -0.3 is 19.1 Å². The van der Waals surface area contributed by atoms with E-state index in [1.807, 2.05) is 11.8 Å². The molecule has 5 atom stereocenters. The van der Waals surface area contributed by atoms with Gasteiger partial charge in [-0.05, 0) is 51.9 Å². The van der Waals surface area contributed by atoms with Crippen LogP contribution in [-0.4, -0.2) is 101 Å². The number of ether oxygens (including phenoxy) is 3. The summed E-state index contributed by atoms with van der Waals surface area (Å²) < 4.78 is 18.6. The lowest BCUT2D eigenvalue weighted by atomic mass is 9.99. The first-order valence-electron chi connectivity index (χ1n) is 13.3. The van der Waals surface area contributed by atoms with Crippen molar-refractivity contribution in [3.8, 4) is 11.8 Å². The molecule has 10 heteroatoms. The summed E-state index contributed by atoms with van der Waals surface area (Å²) in [6, 6.07) is 0.0577. The third-order valence-corrected chi connectivity index (χ3v) is 7.39. The molecule has 198 valence electrons. The second kappa shape index (κ2) is 12.7. The van der Waals surface area contributed by atoms with Gasteiger partial charge in [-0.25, -0.2) is 9.48 Å². The van der Waals surface area contributed by atoms with Crippen LogP contribution in [0.15, 0.2) is 6.20 Å². The molecular weight excluding hydrogens is 462 g/mol. The van der Waals surface area contributed by atoms with Crippen LogP contribution in [0.5, 0.6) is 0 Å². The number of hydrogen-bond donors (Lipinski definition) is 0. The molecule has 0 N–H and O–H groups in total. The maximum absolute atomic E-state index is 13.2. The van der Waals surface area contributed by atoms with Gasteiger partial charge in [0.1, 0.15) is 0 Å². The maximum Gasteiger partial charge on any atom is 0.384 e. The van der Waals surface area contributed by atoms with Crippen LogP contribution >= 0.6 is 0 Å². The molecule has 0 radical (unpaired) electrons. The van der Waals surface area contributed by atoms with Crippen LogP contribution in [0.1, 0.15) is 64.6 Å². The number of rotatable bonds is 8. The predicted octanol–water partition coefficient (Wildman–Crippen LogP) is 1.65. The highest BCUT2D eigenvalue weighted by atomic mass is 16.5. The fourth-order valence-electron chi connectivity index (χ4n) is 5.27. The van der Waals surface area contributed by atoms with Crippen molar-refractivity contribution in [3.63, 3.8) is 0 Å². The van der Waals surface area contributed by atoms with E-state index in [2.05, 4.69) is 34.0 Å². The third-order valence-electron chi connectivity index (χ3n) is 7.39. The van der Waals surface area contributed by atoms with E-state index in [0.717, 1.165) is 71.4 Å². The minimum atomic E-state index is -0.574. The average Bonchev–Trinajstić information content (AvgIpc) is 3.65. The van der Waals surface area contributed by atoms with Gasteiger partial charge in [0.25, 0.3) is 0 Å². The number of piperazine rings is 1. The smallest absolute Gasteiger partial charge is 0.384 e. The topological polar surface area (TPSA) is 99.0 Å². The Labute approximate surface area is 213 Å². The zero-order chi connectivity index (χ0) is 25.5. The molecule has 3 aliphatic heterocycles. The molecule has 0 bridgehead atoms. The normalized spacial score (nSPS) is 26.3. The summed E-state index contributed by atoms with van der Waals surface area (Å²) in [4.78, 5) is 29.0. The van der Waals surface area contributed by atoms with Gasteiger partial charge in [0.2, 0.25) is 5.91 Å². The fraction of sp³-hybridized carbons (Fsp3) is 0.769. The van der Waals surface area contributed by atoms with Crippen LogP contribution in [0, 0.1) is 17.8 Å². The van der Waals surface area contributed by atoms with E-state index in [-0.39, 0.29) is 36.7 Å². The van der Waals surface area contributed by atoms with Crippen molar-refractivity contribution in [2.45, 2.75) is 77.2 Å². The summed E-state index contributed by atoms with van der Waals surface area (Å²) in [6.07, 6.45) is 7.00. The van der Waals surface area contributed by atoms with Gasteiger partial charge in [0, 0.05) is 45.3 Å². The minimum absolute atomic E-state index is 0.0543. The van der Waals surface area contributed by atoms with Crippen molar-refractivity contribution in [1.82, 2.24) is 24.8 Å². The molecule has 0 aromatic carbocycles. The second-order valence-electron chi connectivity index (χ2n) is 10.1. The lowest BCUT2D eigenvalue weighted by molar-refractivity contribution is -0.142. The Balaban J connectivity index is 1.20. The zero-order valence-corrected chi connectivity index (χ0v) is 21.7. The molecule has 4 heterocycles. The van der Waals surface area contributed by atoms with Gasteiger partial charge in [-0.15, -0.1) is 5.10 Å². The number of nitrogens with zero attached hydrogens (tertiary/aromatic N) is 5. The van der Waals surface area contributed by atoms with Crippen LogP contribution in [-0.2, 0) is 23.8 Å². The van der Waals surface area contributed by atoms with Crippen LogP contribution < -0.4 is 0 Å². The van der Waals surface area contributed by atoms with Crippen LogP contribution in [0.25, 0.3) is 0 Å². The van der Waals surface area contributed by atoms with Gasteiger partial charge >= 0.3 is 5.97 Å². The highest BCUT2D eigenvalue weighted by molar-refractivity contribution is 5.88. The zero-order valence-electron chi connectivity index (χ0n) is 21.7. The number of aromatic nitrogens is 3. The number of amides is 1. The van der Waals surface area contributed by atoms with E-state index in [9.17, 15) is 9.59 Å². The van der Waals surface area contributed by atoms with Crippen molar-refractivity contribution >= 4 is 11.9 Å². The van der Waals surface area contributed by atoms with E-state index in [1.54, 1.807) is 17.8 Å². The van der Waals surface area contributed by atoms with Crippen LogP contribution in [0.4, 0.5) is 0 Å². The first kappa shape index (κ1) is 26.6. The van der Waals surface area contributed by atoms with Crippen molar-refractivity contribution in [3.05, 3.63) is 11.9 Å². The van der Waals surface area contributed by atoms with Gasteiger partial charge in [-0.2, -0.15) is 0 Å². The molecular formula is C26H39N5O5. The Morgan fingerprint density at radius 1 is 1.17 bits per heavy atom. The van der Waals surface area contributed by atoms with Gasteiger partial charge in [0.05, 0.1) is 43.1 Å². The third kappa shape index (κ3) is 7.05. The van der Waals surface area contributed by atoms with E-state index in [4.69, 9.17) is 14.2 Å². The molecule has 1 aromatic rings. The summed E-state index contributed by atoms with van der Waals surface area (Å²) in [7, 11) is 0. The second-order valence-corrected chi connectivity index (χ2v) is 10.1. The molecule has 0 saturated carbocycles. The Hall–Kier alpha value is -2.48. The molecule has 1 amide bonds. The lowest BCUT2D eigenvalue weighted by Gasteiger charge is -2.37. The van der Waals surface area contributed by atoms with Gasteiger partial charge in [-0.1, -0.05) is 12.1 Å². The lowest BCUT2D eigenvalue weighted by Crippen LogP contribution is -2.52. The monoisotopic (exact) mass is 501 g/mol. The van der Waals surface area contributed by atoms with Crippen molar-refractivity contribution < 1.29 is 23.8 Å². The highest BCUT2D eigenvalue weighted by Crippen LogP contribution is 2.31. The predicted molar refractivity (Wildman–Crippen MR) is 132 cm³/mol. The van der Waals surface area contributed by atoms with Crippen molar-refractivity contribution in [2.75, 3.05) is 45.9 Å². The Morgan fingerprint density at radius 2 is 1.97 bits per heavy atom. The van der Waals surface area contributed by atoms with Gasteiger partial charge in [0.15, 0.2) is 5.69 Å². The number of carbonyl (C=O) groups excluding carboxylic acids is 2. The summed E-state index contributed by atoms with van der Waals surface area (Å²) in [5.41, 5.74) is 0.426. The number of hydrogen-bond acceptors (Lipinski definition) is 8. The first-order chi connectivity index (χ1) is 17.4. The SMILES string of the molecule is CCOC(=O)C#Cc1cn([C@H](C)C[C@@H]2CC[C@H]([C@@H](C)C(=O)N3CCN(CC4CCCO4)CC3)O2)nn1. The largest absolute Gasteiger partial charge is 0.456 e. The maximum atomic E-state index is 13.2. The fourth-order valence-corrected chi connectivity index (χ4v) is 5.27. The van der Waals surface area contributed by atoms with E-state index < -0.39 is 5.97 Å². The molecule has 3 saturated heterocycles. The molecule has 0 spiro atoms. The van der Waals surface area contributed by atoms with Crippen LogP contribution in [0.2, 0.25) is 0 Å². The van der Waals surface area contributed by atoms with Gasteiger partial charge in [-0.3, -0.25) is 9.69 Å². The van der Waals surface area contributed by atoms with Crippen LogP contribution in [0.3, 0.4) is 0 Å². The highest BCUT2D eigenvalue weighted by Gasteiger charge is 2.36. The molecule has 3 aliphatic rings. The summed E-state index contributed by atoms with van der Waals surface area (Å²) in [5.74, 6) is 4.57. The Kier molecular flexibility index (Phi) is 9.35. The van der Waals surface area contributed by atoms with E-state index >= 15 is 0 Å². The first-order valence-corrected chi connectivity index (χ1v) is 13.3. The standard InChI is InChI=1S/C26H39N5O5/c1-4-34-25(32)10-7-21-17-31(28-27-21)19(2)16-22-8-9-24(36-22)20(3)26(33)30-13-11-29(12-14-30)18-23-6-5-15-35-23/h17,19-20,22-24H,4-6,8-9,11-16,18H2,1-3H3/t19-,20-,22+,23?,24-/m1/s1. The quantitative estimate of drug-likeness (QED) is 0.392. The van der Waals surface area contributed by atoms with E-state index in [0.29, 0.717) is 11.8 Å². The molecule has 3 fully saturated rings. The number of esters is 1. The van der Waals surface area contributed by atoms with E-state index in [1.165, 1.54) is 0 Å². The Morgan fingerprint density at radius 3 is 2.69 bits per heavy atom. The van der Waals surface area contributed by atoms with Crippen molar-refractivity contribution in [2.24, 2.45) is 5.92 Å². The average molecular weight is 502 g/mol. The summed E-state index contributed by atoms with van der Waals surface area (Å²) in [6.45, 7) is 11.3. The molecule has 4 rings (SSSR count). The number of carbonyl (C=O) groups is 2.